The minimum Gasteiger partial charge on any atom is -0.465 e. The molecule has 0 spiro atoms. The molecule has 0 amide bonds. The maximum atomic E-state index is 6.44. The molecule has 0 aliphatic carbocycles. The normalized spacial score (nSPS) is 12.7. The van der Waals surface area contributed by atoms with E-state index in [0.29, 0.717) is 0 Å². The number of rotatable bonds is 4. The molecule has 1 heterocycles. The van der Waals surface area contributed by atoms with Gasteiger partial charge in [0.15, 0.2) is 0 Å². The second kappa shape index (κ2) is 5.62. The Morgan fingerprint density at radius 3 is 2.61 bits per heavy atom. The van der Waals surface area contributed by atoms with Crippen LogP contribution in [-0.2, 0) is 12.8 Å². The van der Waals surface area contributed by atoms with Gasteiger partial charge in [0.25, 0.3) is 0 Å². The van der Waals surface area contributed by atoms with Crippen LogP contribution in [0.25, 0.3) is 0 Å². The summed E-state index contributed by atoms with van der Waals surface area (Å²) in [5, 5.41) is -0.0919. The summed E-state index contributed by atoms with van der Waals surface area (Å²) in [5.74, 6) is 1.87. The highest BCUT2D eigenvalue weighted by Gasteiger charge is 2.14. The molecule has 2 rings (SSSR count). The monoisotopic (exact) mass is 262 g/mol. The van der Waals surface area contributed by atoms with Crippen molar-refractivity contribution in [3.63, 3.8) is 0 Å². The Morgan fingerprint density at radius 1 is 1.17 bits per heavy atom. The zero-order chi connectivity index (χ0) is 13.1. The number of aryl methyl sites for hydroxylation is 3. The molecular weight excluding hydrogens is 244 g/mol. The van der Waals surface area contributed by atoms with Crippen molar-refractivity contribution in [1.82, 2.24) is 0 Å². The molecule has 1 atom stereocenters. The molecule has 0 aliphatic rings. The predicted molar refractivity (Wildman–Crippen MR) is 76.3 cm³/mol. The summed E-state index contributed by atoms with van der Waals surface area (Å²) < 4.78 is 5.70. The molecule has 0 N–H and O–H groups in total. The lowest BCUT2D eigenvalue weighted by Crippen LogP contribution is -1.97. The lowest BCUT2D eigenvalue weighted by atomic mass is 10.0. The van der Waals surface area contributed by atoms with Gasteiger partial charge < -0.3 is 4.42 Å². The van der Waals surface area contributed by atoms with Crippen LogP contribution in [0.1, 0.15) is 40.5 Å². The molecule has 1 aromatic carbocycles. The van der Waals surface area contributed by atoms with E-state index in [4.69, 9.17) is 16.0 Å². The molecule has 1 unspecified atom stereocenters. The lowest BCUT2D eigenvalue weighted by Gasteiger charge is -2.10. The average molecular weight is 263 g/mol. The summed E-state index contributed by atoms with van der Waals surface area (Å²) in [6.07, 6.45) is 1.72. The lowest BCUT2D eigenvalue weighted by molar-refractivity contribution is 0.463. The van der Waals surface area contributed by atoms with Gasteiger partial charge in [-0.2, -0.15) is 0 Å². The first kappa shape index (κ1) is 13.2. The first-order valence-electron chi connectivity index (χ1n) is 6.39. The summed E-state index contributed by atoms with van der Waals surface area (Å²) >= 11 is 6.44. The van der Waals surface area contributed by atoms with E-state index in [1.807, 2.05) is 12.1 Å². The molecule has 2 aromatic rings. The number of furan rings is 1. The zero-order valence-electron chi connectivity index (χ0n) is 11.2. The number of hydrogen-bond donors (Lipinski definition) is 0. The number of alkyl halides is 1. The second-order valence-electron chi connectivity index (χ2n) is 4.76. The SMILES string of the molecule is CCc1ccc(C(Cl)Cc2cc(C)ccc2C)o1. The Kier molecular flexibility index (Phi) is 4.13. The molecule has 1 aromatic heterocycles. The molecule has 0 saturated carbocycles. The highest BCUT2D eigenvalue weighted by Crippen LogP contribution is 2.28. The minimum atomic E-state index is -0.0919. The van der Waals surface area contributed by atoms with E-state index >= 15 is 0 Å². The van der Waals surface area contributed by atoms with Crippen LogP contribution in [0.4, 0.5) is 0 Å². The molecule has 0 bridgehead atoms. The smallest absolute Gasteiger partial charge is 0.122 e. The number of benzene rings is 1. The largest absolute Gasteiger partial charge is 0.465 e. The van der Waals surface area contributed by atoms with E-state index < -0.39 is 0 Å². The predicted octanol–water partition coefficient (Wildman–Crippen LogP) is 4.98. The number of halogens is 1. The summed E-state index contributed by atoms with van der Waals surface area (Å²) in [4.78, 5) is 0. The van der Waals surface area contributed by atoms with Crippen molar-refractivity contribution in [1.29, 1.82) is 0 Å². The topological polar surface area (TPSA) is 13.1 Å². The molecule has 1 nitrogen and oxygen atoms in total. The quantitative estimate of drug-likeness (QED) is 0.708. The van der Waals surface area contributed by atoms with E-state index in [0.717, 1.165) is 24.4 Å². The molecule has 0 radical (unpaired) electrons. The van der Waals surface area contributed by atoms with Gasteiger partial charge in [-0.3, -0.25) is 0 Å². The molecule has 18 heavy (non-hydrogen) atoms. The van der Waals surface area contributed by atoms with Crippen LogP contribution < -0.4 is 0 Å². The van der Waals surface area contributed by atoms with Gasteiger partial charge in [0.2, 0.25) is 0 Å². The van der Waals surface area contributed by atoms with Gasteiger partial charge in [0.05, 0.1) is 5.38 Å². The maximum Gasteiger partial charge on any atom is 0.122 e. The van der Waals surface area contributed by atoms with Crippen LogP contribution in [0.2, 0.25) is 0 Å². The van der Waals surface area contributed by atoms with E-state index in [1.165, 1.54) is 16.7 Å². The number of hydrogen-bond acceptors (Lipinski definition) is 1. The molecule has 96 valence electrons. The Bertz CT molecular complexity index is 528. The van der Waals surface area contributed by atoms with Crippen molar-refractivity contribution in [3.8, 4) is 0 Å². The third-order valence-corrected chi connectivity index (χ3v) is 3.61. The van der Waals surface area contributed by atoms with Crippen molar-refractivity contribution in [3.05, 3.63) is 58.5 Å². The van der Waals surface area contributed by atoms with Gasteiger partial charge in [-0.05, 0) is 43.5 Å². The third-order valence-electron chi connectivity index (χ3n) is 3.24. The Labute approximate surface area is 114 Å². The fraction of sp³-hybridized carbons (Fsp3) is 0.375. The van der Waals surface area contributed by atoms with Crippen molar-refractivity contribution < 1.29 is 4.42 Å². The van der Waals surface area contributed by atoms with Gasteiger partial charge in [0, 0.05) is 6.42 Å². The third kappa shape index (κ3) is 2.97. The molecule has 0 aliphatic heterocycles. The van der Waals surface area contributed by atoms with Crippen LogP contribution in [0.15, 0.2) is 34.7 Å². The highest BCUT2D eigenvalue weighted by atomic mass is 35.5. The summed E-state index contributed by atoms with van der Waals surface area (Å²) in [6, 6.07) is 10.5. The van der Waals surface area contributed by atoms with Gasteiger partial charge in [-0.15, -0.1) is 11.6 Å². The van der Waals surface area contributed by atoms with Crippen LogP contribution in [0.3, 0.4) is 0 Å². The fourth-order valence-electron chi connectivity index (χ4n) is 2.07. The van der Waals surface area contributed by atoms with E-state index in [2.05, 4.69) is 39.0 Å². The van der Waals surface area contributed by atoms with Gasteiger partial charge in [-0.1, -0.05) is 30.7 Å². The highest BCUT2D eigenvalue weighted by molar-refractivity contribution is 6.20. The fourth-order valence-corrected chi connectivity index (χ4v) is 2.35. The van der Waals surface area contributed by atoms with Gasteiger partial charge in [0.1, 0.15) is 11.5 Å². The van der Waals surface area contributed by atoms with Gasteiger partial charge >= 0.3 is 0 Å². The summed E-state index contributed by atoms with van der Waals surface area (Å²) in [6.45, 7) is 6.31. The van der Waals surface area contributed by atoms with Crippen molar-refractivity contribution in [2.24, 2.45) is 0 Å². The van der Waals surface area contributed by atoms with E-state index in [1.54, 1.807) is 0 Å². The molecule has 2 heteroatoms. The van der Waals surface area contributed by atoms with E-state index in [9.17, 15) is 0 Å². The average Bonchev–Trinajstić information content (AvgIpc) is 2.82. The Balaban J connectivity index is 2.15. The van der Waals surface area contributed by atoms with E-state index in [-0.39, 0.29) is 5.38 Å². The minimum absolute atomic E-state index is 0.0919. The summed E-state index contributed by atoms with van der Waals surface area (Å²) in [7, 11) is 0. The summed E-state index contributed by atoms with van der Waals surface area (Å²) in [5.41, 5.74) is 3.85. The molecular formula is C16H19ClO. The van der Waals surface area contributed by atoms with Gasteiger partial charge in [-0.25, -0.2) is 0 Å². The Morgan fingerprint density at radius 2 is 1.94 bits per heavy atom. The van der Waals surface area contributed by atoms with Crippen molar-refractivity contribution >= 4 is 11.6 Å². The van der Waals surface area contributed by atoms with Crippen LogP contribution in [0, 0.1) is 13.8 Å². The van der Waals surface area contributed by atoms with Crippen LogP contribution >= 0.6 is 11.6 Å². The van der Waals surface area contributed by atoms with Crippen LogP contribution in [-0.4, -0.2) is 0 Å². The first-order valence-corrected chi connectivity index (χ1v) is 6.82. The van der Waals surface area contributed by atoms with Crippen LogP contribution in [0.5, 0.6) is 0 Å². The molecule has 0 fully saturated rings. The van der Waals surface area contributed by atoms with Crippen molar-refractivity contribution in [2.75, 3.05) is 0 Å². The van der Waals surface area contributed by atoms with Crippen molar-refractivity contribution in [2.45, 2.75) is 39.0 Å². The zero-order valence-corrected chi connectivity index (χ0v) is 11.9. The molecule has 0 saturated heterocycles. The maximum absolute atomic E-state index is 6.44. The Hall–Kier alpha value is -1.21. The second-order valence-corrected chi connectivity index (χ2v) is 5.29. The first-order chi connectivity index (χ1) is 8.60. The standard InChI is InChI=1S/C16H19ClO/c1-4-14-7-8-16(18-14)15(17)10-13-9-11(2)5-6-12(13)3/h5-9,15H,4,10H2,1-3H3.